The molecule has 0 saturated carbocycles. The summed E-state index contributed by atoms with van der Waals surface area (Å²) >= 11 is 1.24. The minimum Gasteiger partial charge on any atom is -0.497 e. The number of benzene rings is 2. The van der Waals surface area contributed by atoms with Crippen molar-refractivity contribution in [3.63, 3.8) is 0 Å². The smallest absolute Gasteiger partial charge is 0.325 e. The third-order valence-electron chi connectivity index (χ3n) is 3.52. The molecule has 1 N–H and O–H groups in total. The Morgan fingerprint density at radius 2 is 2.12 bits per heavy atom. The monoisotopic (exact) mass is 351 g/mol. The molecule has 1 saturated heterocycles. The van der Waals surface area contributed by atoms with Gasteiger partial charge in [-0.25, -0.2) is 0 Å². The lowest BCUT2D eigenvalue weighted by Crippen LogP contribution is -2.19. The molecule has 3 aromatic rings. The lowest BCUT2D eigenvalue weighted by molar-refractivity contribution is -0.115. The van der Waals surface area contributed by atoms with Gasteiger partial charge in [0.25, 0.3) is 5.91 Å². The van der Waals surface area contributed by atoms with Crippen LogP contribution in [0.15, 0.2) is 62.8 Å². The molecule has 1 aromatic heterocycles. The Balaban J connectivity index is 1.59. The van der Waals surface area contributed by atoms with E-state index >= 15 is 0 Å². The number of thioether (sulfide) groups is 1. The van der Waals surface area contributed by atoms with Gasteiger partial charge < -0.3 is 14.5 Å². The van der Waals surface area contributed by atoms with Gasteiger partial charge in [-0.2, -0.15) is 9.98 Å². The second kappa shape index (κ2) is 6.45. The quantitative estimate of drug-likeness (QED) is 0.728. The number of amides is 1. The predicted molar refractivity (Wildman–Crippen MR) is 97.8 cm³/mol. The zero-order valence-electron chi connectivity index (χ0n) is 13.2. The molecule has 0 unspecified atom stereocenters. The van der Waals surface area contributed by atoms with E-state index in [0.717, 1.165) is 16.8 Å². The van der Waals surface area contributed by atoms with Gasteiger partial charge in [-0.1, -0.05) is 24.3 Å². The van der Waals surface area contributed by atoms with E-state index in [0.29, 0.717) is 15.7 Å². The molecule has 0 spiro atoms. The molecule has 124 valence electrons. The molecule has 1 amide bonds. The van der Waals surface area contributed by atoms with Crippen molar-refractivity contribution >= 4 is 46.0 Å². The van der Waals surface area contributed by atoms with E-state index in [4.69, 9.17) is 9.15 Å². The summed E-state index contributed by atoms with van der Waals surface area (Å²) in [6.07, 6.45) is 1.79. The van der Waals surface area contributed by atoms with Gasteiger partial charge in [0.1, 0.15) is 11.3 Å². The molecule has 2 aromatic carbocycles. The standard InChI is InChI=1S/C18H13N3O3S/c1-23-12-6-4-5-11(9-12)10-15-16(22)20-18(25-15)21-17-19-13-7-2-3-8-14(13)24-17/h2-10H,1H3,(H,19,20,21,22)/b15-10+. The van der Waals surface area contributed by atoms with Crippen LogP contribution in [-0.2, 0) is 4.79 Å². The molecule has 6 nitrogen and oxygen atoms in total. The van der Waals surface area contributed by atoms with E-state index in [1.807, 2.05) is 48.5 Å². The van der Waals surface area contributed by atoms with E-state index in [1.54, 1.807) is 13.2 Å². The Hall–Kier alpha value is -3.06. The van der Waals surface area contributed by atoms with Crippen molar-refractivity contribution in [1.82, 2.24) is 10.3 Å². The lowest BCUT2D eigenvalue weighted by Gasteiger charge is -2.00. The fourth-order valence-electron chi connectivity index (χ4n) is 2.36. The number of carbonyl (C=O) groups is 1. The molecule has 0 atom stereocenters. The molecular formula is C18H13N3O3S. The highest BCUT2D eigenvalue weighted by molar-refractivity contribution is 8.18. The Bertz CT molecular complexity index is 990. The van der Waals surface area contributed by atoms with Crippen molar-refractivity contribution in [2.24, 2.45) is 4.99 Å². The number of nitrogens with zero attached hydrogens (tertiary/aromatic N) is 2. The normalized spacial score (nSPS) is 17.4. The van der Waals surface area contributed by atoms with Gasteiger partial charge in [-0.05, 0) is 47.7 Å². The minimum atomic E-state index is -0.206. The average molecular weight is 351 g/mol. The van der Waals surface area contributed by atoms with Crippen LogP contribution in [0, 0.1) is 0 Å². The largest absolute Gasteiger partial charge is 0.497 e. The van der Waals surface area contributed by atoms with Gasteiger partial charge >= 0.3 is 6.01 Å². The highest BCUT2D eigenvalue weighted by Gasteiger charge is 2.24. The second-order valence-electron chi connectivity index (χ2n) is 5.22. The fourth-order valence-corrected chi connectivity index (χ4v) is 3.17. The average Bonchev–Trinajstić information content (AvgIpc) is 3.18. The van der Waals surface area contributed by atoms with Gasteiger partial charge in [-0.15, -0.1) is 0 Å². The van der Waals surface area contributed by atoms with Gasteiger partial charge in [0, 0.05) is 0 Å². The number of carbonyl (C=O) groups excluding carboxylic acids is 1. The van der Waals surface area contributed by atoms with E-state index in [9.17, 15) is 4.79 Å². The van der Waals surface area contributed by atoms with Crippen LogP contribution in [0.1, 0.15) is 5.56 Å². The van der Waals surface area contributed by atoms with E-state index in [-0.39, 0.29) is 11.9 Å². The lowest BCUT2D eigenvalue weighted by atomic mass is 10.2. The van der Waals surface area contributed by atoms with Crippen molar-refractivity contribution < 1.29 is 13.9 Å². The maximum Gasteiger partial charge on any atom is 0.325 e. The van der Waals surface area contributed by atoms with Crippen molar-refractivity contribution in [2.45, 2.75) is 0 Å². The Kier molecular flexibility index (Phi) is 3.99. The number of aliphatic imine (C=N–C) groups is 1. The SMILES string of the molecule is COc1cccc(/C=C2/S/C(=N/c3nc4ccccc4o3)NC2=O)c1. The number of oxazole rings is 1. The first-order chi connectivity index (χ1) is 12.2. The molecule has 1 aliphatic heterocycles. The predicted octanol–water partition coefficient (Wildman–Crippen LogP) is 3.73. The summed E-state index contributed by atoms with van der Waals surface area (Å²) in [6, 6.07) is 15.1. The minimum absolute atomic E-state index is 0.206. The Morgan fingerprint density at radius 1 is 1.24 bits per heavy atom. The fraction of sp³-hybridized carbons (Fsp3) is 0.0556. The summed E-state index contributed by atoms with van der Waals surface area (Å²) in [7, 11) is 1.61. The summed E-state index contributed by atoms with van der Waals surface area (Å²) in [4.78, 5) is 21.2. The number of methoxy groups -OCH3 is 1. The van der Waals surface area contributed by atoms with Crippen molar-refractivity contribution in [2.75, 3.05) is 7.11 Å². The van der Waals surface area contributed by atoms with Crippen LogP contribution in [0.5, 0.6) is 5.75 Å². The van der Waals surface area contributed by atoms with Gasteiger partial charge in [-0.3, -0.25) is 4.79 Å². The molecule has 7 heteroatoms. The summed E-state index contributed by atoms with van der Waals surface area (Å²) in [5.74, 6) is 0.529. The highest BCUT2D eigenvalue weighted by Crippen LogP contribution is 2.29. The summed E-state index contributed by atoms with van der Waals surface area (Å²) in [5, 5.41) is 3.16. The number of nitrogens with one attached hydrogen (secondary N) is 1. The number of hydrogen-bond donors (Lipinski definition) is 1. The first-order valence-electron chi connectivity index (χ1n) is 7.50. The summed E-state index contributed by atoms with van der Waals surface area (Å²) in [6.45, 7) is 0. The molecular weight excluding hydrogens is 338 g/mol. The molecule has 0 aliphatic carbocycles. The van der Waals surface area contributed by atoms with Crippen LogP contribution < -0.4 is 10.1 Å². The maximum absolute atomic E-state index is 12.1. The summed E-state index contributed by atoms with van der Waals surface area (Å²) in [5.41, 5.74) is 2.26. The topological polar surface area (TPSA) is 76.7 Å². The van der Waals surface area contributed by atoms with Crippen LogP contribution in [0.2, 0.25) is 0 Å². The van der Waals surface area contributed by atoms with Gasteiger partial charge in [0.15, 0.2) is 10.8 Å². The van der Waals surface area contributed by atoms with Crippen molar-refractivity contribution in [1.29, 1.82) is 0 Å². The zero-order chi connectivity index (χ0) is 17.2. The molecule has 25 heavy (non-hydrogen) atoms. The molecule has 2 heterocycles. The molecule has 0 radical (unpaired) electrons. The third-order valence-corrected chi connectivity index (χ3v) is 4.43. The van der Waals surface area contributed by atoms with Crippen LogP contribution in [0.3, 0.4) is 0 Å². The first kappa shape index (κ1) is 15.5. The Morgan fingerprint density at radius 3 is 2.96 bits per heavy atom. The van der Waals surface area contributed by atoms with E-state index in [1.165, 1.54) is 11.8 Å². The third kappa shape index (κ3) is 3.27. The Labute approximate surface area is 147 Å². The number of fused-ring (bicyclic) bond motifs is 1. The van der Waals surface area contributed by atoms with Crippen LogP contribution in [0.4, 0.5) is 6.01 Å². The van der Waals surface area contributed by atoms with Crippen LogP contribution in [-0.4, -0.2) is 23.2 Å². The van der Waals surface area contributed by atoms with Gasteiger partial charge in [0.05, 0.1) is 12.0 Å². The molecule has 1 aliphatic rings. The molecule has 4 rings (SSSR count). The highest BCUT2D eigenvalue weighted by atomic mass is 32.2. The second-order valence-corrected chi connectivity index (χ2v) is 6.25. The number of para-hydroxylation sites is 2. The van der Waals surface area contributed by atoms with Gasteiger partial charge in [0.2, 0.25) is 0 Å². The number of hydrogen-bond acceptors (Lipinski definition) is 6. The van der Waals surface area contributed by atoms with E-state index in [2.05, 4.69) is 15.3 Å². The summed E-state index contributed by atoms with van der Waals surface area (Å²) < 4.78 is 10.7. The number of rotatable bonds is 3. The number of ether oxygens (including phenoxy) is 1. The maximum atomic E-state index is 12.1. The first-order valence-corrected chi connectivity index (χ1v) is 8.32. The van der Waals surface area contributed by atoms with Crippen LogP contribution >= 0.6 is 11.8 Å². The zero-order valence-corrected chi connectivity index (χ0v) is 14.0. The van der Waals surface area contributed by atoms with Crippen molar-refractivity contribution in [3.8, 4) is 5.75 Å². The van der Waals surface area contributed by atoms with Crippen molar-refractivity contribution in [3.05, 3.63) is 59.0 Å². The number of amidine groups is 1. The molecule has 1 fully saturated rings. The van der Waals surface area contributed by atoms with E-state index < -0.39 is 0 Å². The van der Waals surface area contributed by atoms with Crippen LogP contribution in [0.25, 0.3) is 17.2 Å². The molecule has 0 bridgehead atoms. The number of aromatic nitrogens is 1.